The Hall–Kier alpha value is -0.390. The lowest BCUT2D eigenvalue weighted by Crippen LogP contribution is -2.36. The van der Waals surface area contributed by atoms with Gasteiger partial charge in [0.05, 0.1) is 12.9 Å². The third-order valence-corrected chi connectivity index (χ3v) is 2.10. The molecule has 0 rings (SSSR count). The minimum atomic E-state index is -3.03. The van der Waals surface area contributed by atoms with Gasteiger partial charge in [0.25, 0.3) is 0 Å². The number of hydrogen-bond acceptors (Lipinski definition) is 3. The van der Waals surface area contributed by atoms with Gasteiger partial charge in [0.2, 0.25) is 10.0 Å². The summed E-state index contributed by atoms with van der Waals surface area (Å²) in [5.41, 5.74) is 0. The first-order chi connectivity index (χ1) is 5.99. The summed E-state index contributed by atoms with van der Waals surface area (Å²) in [6.45, 7) is 12.1. The summed E-state index contributed by atoms with van der Waals surface area (Å²) >= 11 is 0. The van der Waals surface area contributed by atoms with E-state index in [0.29, 0.717) is 6.67 Å². The van der Waals surface area contributed by atoms with Gasteiger partial charge < -0.3 is 0 Å². The van der Waals surface area contributed by atoms with Gasteiger partial charge in [0.15, 0.2) is 0 Å². The standard InChI is InChI=1S/C6H16N2O2S.C2H4.CH4/c1-4-8(5-2)6-7-11(3,9)10;1-2;/h7H,4-6H2,1-3H3;1-2H2;1H4. The predicted octanol–water partition coefficient (Wildman–Crippen LogP) is 1.27. The van der Waals surface area contributed by atoms with Crippen molar-refractivity contribution >= 4 is 10.0 Å². The Balaban J connectivity index is -0.000000376. The SMILES string of the molecule is C.C=C.CCN(CC)CNS(C)(=O)=O. The summed E-state index contributed by atoms with van der Waals surface area (Å²) in [6, 6.07) is 0. The van der Waals surface area contributed by atoms with Crippen LogP contribution in [0.25, 0.3) is 0 Å². The fraction of sp³-hybridized carbons (Fsp3) is 0.778. The molecule has 0 spiro atoms. The fourth-order valence-corrected chi connectivity index (χ4v) is 1.07. The van der Waals surface area contributed by atoms with Gasteiger partial charge in [-0.1, -0.05) is 21.3 Å². The van der Waals surface area contributed by atoms with Crippen molar-refractivity contribution in [1.29, 1.82) is 0 Å². The Bertz CT molecular complexity index is 199. The van der Waals surface area contributed by atoms with E-state index in [1.165, 1.54) is 0 Å². The highest BCUT2D eigenvalue weighted by Crippen LogP contribution is 1.84. The van der Waals surface area contributed by atoms with E-state index in [4.69, 9.17) is 0 Å². The summed E-state index contributed by atoms with van der Waals surface area (Å²) in [5, 5.41) is 0. The molecule has 0 aliphatic heterocycles. The van der Waals surface area contributed by atoms with Gasteiger partial charge in [-0.15, -0.1) is 13.2 Å². The molecule has 5 heteroatoms. The average Bonchev–Trinajstić information content (AvgIpc) is 2.08. The van der Waals surface area contributed by atoms with Gasteiger partial charge in [-0.3, -0.25) is 4.90 Å². The summed E-state index contributed by atoms with van der Waals surface area (Å²) in [4.78, 5) is 1.99. The maximum atomic E-state index is 10.6. The van der Waals surface area contributed by atoms with Crippen molar-refractivity contribution in [3.63, 3.8) is 0 Å². The van der Waals surface area contributed by atoms with Gasteiger partial charge in [0.1, 0.15) is 0 Å². The Morgan fingerprint density at radius 1 is 1.21 bits per heavy atom. The molecule has 0 amide bonds. The average molecular weight is 224 g/mol. The molecule has 0 fully saturated rings. The minimum absolute atomic E-state index is 0. The molecular formula is C9H24N2O2S. The van der Waals surface area contributed by atoms with Crippen molar-refractivity contribution in [2.75, 3.05) is 26.0 Å². The highest BCUT2D eigenvalue weighted by atomic mass is 32.2. The monoisotopic (exact) mass is 224 g/mol. The first-order valence-corrected chi connectivity index (χ1v) is 6.05. The maximum Gasteiger partial charge on any atom is 0.209 e. The van der Waals surface area contributed by atoms with Crippen LogP contribution in [-0.2, 0) is 10.0 Å². The lowest BCUT2D eigenvalue weighted by molar-refractivity contribution is 0.300. The van der Waals surface area contributed by atoms with Crippen molar-refractivity contribution < 1.29 is 8.42 Å². The number of nitrogens with zero attached hydrogens (tertiary/aromatic N) is 1. The number of nitrogens with one attached hydrogen (secondary N) is 1. The van der Waals surface area contributed by atoms with Crippen LogP contribution in [0, 0.1) is 0 Å². The molecule has 1 N–H and O–H groups in total. The third kappa shape index (κ3) is 14.2. The molecule has 0 unspecified atom stereocenters. The Morgan fingerprint density at radius 3 is 1.79 bits per heavy atom. The van der Waals surface area contributed by atoms with Crippen LogP contribution in [0.1, 0.15) is 21.3 Å². The van der Waals surface area contributed by atoms with Crippen LogP contribution in [0.3, 0.4) is 0 Å². The minimum Gasteiger partial charge on any atom is -0.290 e. The van der Waals surface area contributed by atoms with Crippen LogP contribution in [-0.4, -0.2) is 39.3 Å². The van der Waals surface area contributed by atoms with E-state index >= 15 is 0 Å². The van der Waals surface area contributed by atoms with E-state index in [-0.39, 0.29) is 7.43 Å². The normalized spacial score (nSPS) is 10.0. The molecule has 0 aromatic rings. The van der Waals surface area contributed by atoms with E-state index in [2.05, 4.69) is 17.9 Å². The zero-order valence-electron chi connectivity index (χ0n) is 8.71. The van der Waals surface area contributed by atoms with Crippen molar-refractivity contribution in [1.82, 2.24) is 9.62 Å². The van der Waals surface area contributed by atoms with Gasteiger partial charge in [-0.25, -0.2) is 13.1 Å². The molecule has 4 nitrogen and oxygen atoms in total. The van der Waals surface area contributed by atoms with E-state index in [1.54, 1.807) is 0 Å². The molecule has 0 heterocycles. The van der Waals surface area contributed by atoms with Crippen molar-refractivity contribution in [2.24, 2.45) is 0 Å². The summed E-state index contributed by atoms with van der Waals surface area (Å²) in [5.74, 6) is 0. The van der Waals surface area contributed by atoms with Crippen molar-refractivity contribution in [2.45, 2.75) is 21.3 Å². The molecule has 0 radical (unpaired) electrons. The highest BCUT2D eigenvalue weighted by Gasteiger charge is 2.02. The fourth-order valence-electron chi connectivity index (χ4n) is 0.656. The number of sulfonamides is 1. The quantitative estimate of drug-likeness (QED) is 0.565. The second kappa shape index (κ2) is 10.7. The van der Waals surface area contributed by atoms with Gasteiger partial charge in [0, 0.05) is 0 Å². The largest absolute Gasteiger partial charge is 0.290 e. The van der Waals surface area contributed by atoms with Crippen LogP contribution in [0.2, 0.25) is 0 Å². The third-order valence-electron chi connectivity index (χ3n) is 1.44. The van der Waals surface area contributed by atoms with Gasteiger partial charge in [-0.2, -0.15) is 0 Å². The Labute approximate surface area is 89.1 Å². The van der Waals surface area contributed by atoms with E-state index in [1.807, 2.05) is 18.7 Å². The summed E-state index contributed by atoms with van der Waals surface area (Å²) in [7, 11) is -3.03. The molecule has 88 valence electrons. The second-order valence-corrected chi connectivity index (χ2v) is 4.21. The summed E-state index contributed by atoms with van der Waals surface area (Å²) < 4.78 is 23.7. The first-order valence-electron chi connectivity index (χ1n) is 4.16. The number of rotatable bonds is 5. The molecule has 0 aliphatic rings. The van der Waals surface area contributed by atoms with E-state index in [9.17, 15) is 8.42 Å². The molecule has 0 saturated heterocycles. The van der Waals surface area contributed by atoms with E-state index in [0.717, 1.165) is 19.3 Å². The van der Waals surface area contributed by atoms with Crippen LogP contribution >= 0.6 is 0 Å². The molecule has 0 saturated carbocycles. The zero-order chi connectivity index (χ0) is 10.9. The summed E-state index contributed by atoms with van der Waals surface area (Å²) in [6.07, 6.45) is 1.16. The smallest absolute Gasteiger partial charge is 0.209 e. The Kier molecular flexibility index (Phi) is 14.7. The van der Waals surface area contributed by atoms with Crippen LogP contribution in [0.4, 0.5) is 0 Å². The number of hydrogen-bond donors (Lipinski definition) is 1. The van der Waals surface area contributed by atoms with Crippen molar-refractivity contribution in [3.05, 3.63) is 13.2 Å². The molecule has 0 aromatic heterocycles. The first kappa shape index (κ1) is 19.2. The molecule has 0 aliphatic carbocycles. The molecule has 0 bridgehead atoms. The van der Waals surface area contributed by atoms with Crippen LogP contribution < -0.4 is 4.72 Å². The lowest BCUT2D eigenvalue weighted by Gasteiger charge is -2.17. The zero-order valence-corrected chi connectivity index (χ0v) is 9.52. The second-order valence-electron chi connectivity index (χ2n) is 2.38. The maximum absolute atomic E-state index is 10.6. The topological polar surface area (TPSA) is 49.4 Å². The Morgan fingerprint density at radius 2 is 1.57 bits per heavy atom. The van der Waals surface area contributed by atoms with Crippen LogP contribution in [0.15, 0.2) is 13.2 Å². The molecular weight excluding hydrogens is 200 g/mol. The van der Waals surface area contributed by atoms with Gasteiger partial charge >= 0.3 is 0 Å². The molecule has 14 heavy (non-hydrogen) atoms. The molecule has 0 atom stereocenters. The van der Waals surface area contributed by atoms with E-state index < -0.39 is 10.0 Å². The predicted molar refractivity (Wildman–Crippen MR) is 63.8 cm³/mol. The molecule has 0 aromatic carbocycles. The van der Waals surface area contributed by atoms with Gasteiger partial charge in [-0.05, 0) is 13.1 Å². The lowest BCUT2D eigenvalue weighted by atomic mass is 10.6. The van der Waals surface area contributed by atoms with Crippen molar-refractivity contribution in [3.8, 4) is 0 Å². The highest BCUT2D eigenvalue weighted by molar-refractivity contribution is 7.88. The van der Waals surface area contributed by atoms with Crippen LogP contribution in [0.5, 0.6) is 0 Å².